The van der Waals surface area contributed by atoms with Crippen LogP contribution in [0.25, 0.3) is 28.3 Å². The Hall–Kier alpha value is -4.68. The molecule has 3 aromatic rings. The highest BCUT2D eigenvalue weighted by atomic mass is 16.4. The minimum atomic E-state index is -2.69. The summed E-state index contributed by atoms with van der Waals surface area (Å²) in [5.74, 6) is -6.35. The zero-order valence-electron chi connectivity index (χ0n) is 26.8. The smallest absolute Gasteiger partial charge is 0.255 e. The molecule has 46 heavy (non-hydrogen) atoms. The van der Waals surface area contributed by atoms with Gasteiger partial charge in [0.1, 0.15) is 28.4 Å². The van der Waals surface area contributed by atoms with Gasteiger partial charge in [0.25, 0.3) is 5.91 Å². The predicted molar refractivity (Wildman–Crippen MR) is 170 cm³/mol. The van der Waals surface area contributed by atoms with Crippen molar-refractivity contribution in [1.82, 2.24) is 9.88 Å². The number of nitrogens with zero attached hydrogens (tertiary/aromatic N) is 3. The molecule has 6 rings (SSSR count). The lowest BCUT2D eigenvalue weighted by atomic mass is 9.57. The molecule has 3 aliphatic carbocycles. The Morgan fingerprint density at radius 1 is 1.09 bits per heavy atom. The van der Waals surface area contributed by atoms with Crippen LogP contribution in [0.1, 0.15) is 43.9 Å². The summed E-state index contributed by atoms with van der Waals surface area (Å²) < 4.78 is 6.26. The molecule has 242 valence electrons. The van der Waals surface area contributed by atoms with Crippen LogP contribution in [0.3, 0.4) is 0 Å². The van der Waals surface area contributed by atoms with Crippen LogP contribution in [0.2, 0.25) is 0 Å². The van der Waals surface area contributed by atoms with Crippen LogP contribution in [0.4, 0.5) is 5.69 Å². The minimum Gasteiger partial charge on any atom is -0.508 e. The molecule has 0 bridgehead atoms. The molecule has 0 spiro atoms. The number of primary amides is 1. The first-order chi connectivity index (χ1) is 21.4. The Labute approximate surface area is 265 Å². The van der Waals surface area contributed by atoms with E-state index in [1.165, 1.54) is 4.90 Å². The van der Waals surface area contributed by atoms with Gasteiger partial charge in [0.05, 0.1) is 17.2 Å². The van der Waals surface area contributed by atoms with Crippen molar-refractivity contribution in [3.8, 4) is 17.2 Å². The molecular formula is C34H38N4O8. The number of hydrogen-bond acceptors (Lipinski definition) is 11. The molecule has 1 heterocycles. The van der Waals surface area contributed by atoms with Gasteiger partial charge in [0, 0.05) is 31.3 Å². The molecule has 12 nitrogen and oxygen atoms in total. The SMILES string of the molecule is CN(C)c1cc2nc(-c3cc(C(C)(C)C)ccc3O)oc2c2c1CC1CC3[C@H](N(C)C)C(=O)C(C(N)=O)=C(O)[C@@]3(O)C(=O)C1=C2O. The summed E-state index contributed by atoms with van der Waals surface area (Å²) in [7, 11) is 6.81. The van der Waals surface area contributed by atoms with E-state index in [-0.39, 0.29) is 46.6 Å². The van der Waals surface area contributed by atoms with Crippen molar-refractivity contribution in [3.63, 3.8) is 0 Å². The number of phenols is 1. The first kappa shape index (κ1) is 31.3. The zero-order chi connectivity index (χ0) is 33.8. The number of Topliss-reactive ketones (excluding diaryl/α,β-unsaturated/α-hetero) is 2. The summed E-state index contributed by atoms with van der Waals surface area (Å²) >= 11 is 0. The first-order valence-corrected chi connectivity index (χ1v) is 15.0. The summed E-state index contributed by atoms with van der Waals surface area (Å²) in [5, 5.41) is 45.8. The van der Waals surface area contributed by atoms with E-state index in [4.69, 9.17) is 10.2 Å². The van der Waals surface area contributed by atoms with E-state index < -0.39 is 58.0 Å². The van der Waals surface area contributed by atoms with Crippen LogP contribution in [-0.2, 0) is 26.2 Å². The van der Waals surface area contributed by atoms with E-state index in [0.29, 0.717) is 22.3 Å². The Morgan fingerprint density at radius 2 is 1.76 bits per heavy atom. The fourth-order valence-corrected chi connectivity index (χ4v) is 7.37. The number of fused-ring (bicyclic) bond motifs is 5. The third-order valence-electron chi connectivity index (χ3n) is 9.65. The number of aromatic hydroxyl groups is 1. The average Bonchev–Trinajstić information content (AvgIpc) is 3.37. The third-order valence-corrected chi connectivity index (χ3v) is 9.65. The van der Waals surface area contributed by atoms with Gasteiger partial charge in [0.2, 0.25) is 11.7 Å². The van der Waals surface area contributed by atoms with Gasteiger partial charge in [-0.05, 0) is 67.6 Å². The maximum absolute atomic E-state index is 14.3. The second-order valence-electron chi connectivity index (χ2n) is 14.0. The van der Waals surface area contributed by atoms with Crippen LogP contribution in [0, 0.1) is 11.8 Å². The normalized spacial score (nSPS) is 24.8. The molecular weight excluding hydrogens is 592 g/mol. The van der Waals surface area contributed by atoms with E-state index in [1.807, 2.05) is 51.9 Å². The lowest BCUT2D eigenvalue weighted by Crippen LogP contribution is -2.65. The van der Waals surface area contributed by atoms with E-state index in [2.05, 4.69) is 4.98 Å². The molecule has 6 N–H and O–H groups in total. The van der Waals surface area contributed by atoms with Gasteiger partial charge < -0.3 is 35.5 Å². The Morgan fingerprint density at radius 3 is 2.35 bits per heavy atom. The number of amides is 1. The van der Waals surface area contributed by atoms with E-state index in [1.54, 1.807) is 26.2 Å². The Bertz CT molecular complexity index is 1930. The number of nitrogens with two attached hydrogens (primary N) is 1. The number of anilines is 1. The quantitative estimate of drug-likeness (QED) is 0.266. The summed E-state index contributed by atoms with van der Waals surface area (Å²) in [6.07, 6.45) is 0.268. The van der Waals surface area contributed by atoms with Gasteiger partial charge in [0.15, 0.2) is 17.0 Å². The standard InChI is InChI=1S/C34H38N4O8/c1-33(2,3)15-8-9-21(39)17(12-15)32-36-19-13-20(37(4)5)16-10-14-11-18-25(38(6)7)27(41)24(31(35)44)30(43)34(18,45)29(42)22(14)26(40)23(16)28(19)46-32/h8-9,12-14,18,25,39-40,43,45H,10-11H2,1-7H3,(H2,35,44)/t14?,18?,25-,34-/m0/s1. The summed E-state index contributed by atoms with van der Waals surface area (Å²) in [5.41, 5.74) is 4.92. The van der Waals surface area contributed by atoms with Gasteiger partial charge in [-0.2, -0.15) is 0 Å². The monoisotopic (exact) mass is 630 g/mol. The van der Waals surface area contributed by atoms with Crippen molar-refractivity contribution in [2.45, 2.75) is 50.7 Å². The molecule has 12 heteroatoms. The number of carbonyl (C=O) groups is 3. The number of likely N-dealkylation sites (N-methyl/N-ethyl adjacent to an activating group) is 1. The second-order valence-corrected chi connectivity index (χ2v) is 14.0. The number of phenolic OH excluding ortho intramolecular Hbond substituents is 1. The van der Waals surface area contributed by atoms with E-state index in [0.717, 1.165) is 5.56 Å². The topological polar surface area (TPSA) is 191 Å². The average molecular weight is 631 g/mol. The van der Waals surface area contributed by atoms with Crippen LogP contribution >= 0.6 is 0 Å². The van der Waals surface area contributed by atoms with Gasteiger partial charge in [-0.25, -0.2) is 4.98 Å². The fraction of sp³-hybridized carbons (Fsp3) is 0.412. The Kier molecular flexibility index (Phi) is 6.92. The molecule has 1 saturated carbocycles. The second kappa shape index (κ2) is 10.2. The number of aliphatic hydroxyl groups is 3. The maximum atomic E-state index is 14.3. The lowest BCUT2D eigenvalue weighted by molar-refractivity contribution is -0.153. The van der Waals surface area contributed by atoms with Gasteiger partial charge in [-0.1, -0.05) is 26.8 Å². The molecule has 3 aliphatic rings. The van der Waals surface area contributed by atoms with Crippen molar-refractivity contribution >= 4 is 40.0 Å². The highest BCUT2D eigenvalue weighted by Gasteiger charge is 2.64. The van der Waals surface area contributed by atoms with Gasteiger partial charge in [-0.15, -0.1) is 0 Å². The molecule has 1 aromatic heterocycles. The van der Waals surface area contributed by atoms with Crippen LogP contribution in [0.15, 0.2) is 45.6 Å². The molecule has 0 aliphatic heterocycles. The zero-order valence-corrected chi connectivity index (χ0v) is 26.8. The van der Waals surface area contributed by atoms with E-state index in [9.17, 15) is 34.8 Å². The van der Waals surface area contributed by atoms with Crippen molar-refractivity contribution in [1.29, 1.82) is 0 Å². The number of benzene rings is 2. The molecule has 0 radical (unpaired) electrons. The highest BCUT2D eigenvalue weighted by molar-refractivity contribution is 6.24. The predicted octanol–water partition coefficient (Wildman–Crippen LogP) is 3.14. The number of oxazole rings is 1. The summed E-state index contributed by atoms with van der Waals surface area (Å²) in [6.45, 7) is 6.12. The Balaban J connectivity index is 1.60. The van der Waals surface area contributed by atoms with Crippen LogP contribution < -0.4 is 10.6 Å². The number of rotatable bonds is 4. The molecule has 4 atom stereocenters. The van der Waals surface area contributed by atoms with Crippen LogP contribution in [0.5, 0.6) is 5.75 Å². The summed E-state index contributed by atoms with van der Waals surface area (Å²) in [6, 6.07) is 5.87. The van der Waals surface area contributed by atoms with Crippen LogP contribution in [-0.4, -0.2) is 87.6 Å². The third kappa shape index (κ3) is 4.27. The van der Waals surface area contributed by atoms with Gasteiger partial charge >= 0.3 is 0 Å². The largest absolute Gasteiger partial charge is 0.508 e. The number of carbonyl (C=O) groups excluding carboxylic acids is 3. The molecule has 0 saturated heterocycles. The lowest BCUT2D eigenvalue weighted by Gasteiger charge is -2.50. The molecule has 1 amide bonds. The highest BCUT2D eigenvalue weighted by Crippen LogP contribution is 2.54. The minimum absolute atomic E-state index is 0.0335. The number of ketones is 2. The number of aromatic nitrogens is 1. The maximum Gasteiger partial charge on any atom is 0.255 e. The molecule has 2 aromatic carbocycles. The fourth-order valence-electron chi connectivity index (χ4n) is 7.37. The van der Waals surface area contributed by atoms with Crippen molar-refractivity contribution in [2.75, 3.05) is 33.1 Å². The molecule has 2 unspecified atom stereocenters. The van der Waals surface area contributed by atoms with E-state index >= 15 is 0 Å². The summed E-state index contributed by atoms with van der Waals surface area (Å²) in [4.78, 5) is 48.0. The van der Waals surface area contributed by atoms with Crippen molar-refractivity contribution in [2.24, 2.45) is 17.6 Å². The molecule has 1 fully saturated rings. The van der Waals surface area contributed by atoms with Crippen molar-refractivity contribution < 1.29 is 39.2 Å². The van der Waals surface area contributed by atoms with Gasteiger partial charge in [-0.3, -0.25) is 19.3 Å². The number of aliphatic hydroxyl groups excluding tert-OH is 2. The number of hydrogen-bond donors (Lipinski definition) is 5. The van der Waals surface area contributed by atoms with Crippen molar-refractivity contribution in [3.05, 3.63) is 57.9 Å². The first-order valence-electron chi connectivity index (χ1n) is 15.0.